The zero-order chi connectivity index (χ0) is 8.73. The molecule has 0 radical (unpaired) electrons. The van der Waals surface area contributed by atoms with Crippen LogP contribution in [0.5, 0.6) is 0 Å². The van der Waals surface area contributed by atoms with Crippen LogP contribution in [0.4, 0.5) is 0 Å². The lowest BCUT2D eigenvalue weighted by Crippen LogP contribution is -2.24. The first kappa shape index (κ1) is 7.34. The van der Waals surface area contributed by atoms with Gasteiger partial charge in [0.2, 0.25) is 0 Å². The van der Waals surface area contributed by atoms with Crippen molar-refractivity contribution in [3.63, 3.8) is 0 Å². The maximum Gasteiger partial charge on any atom is 0.0278 e. The van der Waals surface area contributed by atoms with Crippen LogP contribution in [-0.4, -0.2) is 13.1 Å². The second kappa shape index (κ2) is 2.46. The Balaban J connectivity index is 2.16. The van der Waals surface area contributed by atoms with Crippen molar-refractivity contribution in [1.29, 1.82) is 0 Å². The van der Waals surface area contributed by atoms with E-state index in [1.165, 1.54) is 17.5 Å². The Hall–Kier alpha value is -1.08. The van der Waals surface area contributed by atoms with E-state index in [2.05, 4.69) is 41.7 Å². The molecule has 1 saturated heterocycles. The molecule has 0 bridgehead atoms. The summed E-state index contributed by atoms with van der Waals surface area (Å²) in [7, 11) is 0. The average Bonchev–Trinajstić information content (AvgIpc) is 2.78. The second-order valence-electron chi connectivity index (χ2n) is 4.00. The van der Waals surface area contributed by atoms with Crippen molar-refractivity contribution in [2.24, 2.45) is 0 Å². The normalized spacial score (nSPS) is 29.8. The van der Waals surface area contributed by atoms with Gasteiger partial charge in [-0.05, 0) is 24.1 Å². The molecule has 3 rings (SSSR count). The molecule has 0 aromatic heterocycles. The summed E-state index contributed by atoms with van der Waals surface area (Å²) in [6.07, 6.45) is 5.89. The van der Waals surface area contributed by atoms with Crippen molar-refractivity contribution in [2.75, 3.05) is 13.1 Å². The number of fused-ring (bicyclic) bond motifs is 2. The molecule has 13 heavy (non-hydrogen) atoms. The summed E-state index contributed by atoms with van der Waals surface area (Å²) in [6.45, 7) is 2.26. The van der Waals surface area contributed by atoms with Gasteiger partial charge in [-0.1, -0.05) is 36.4 Å². The standard InChI is InChI=1S/C12H13N/c1-2-4-11-10(3-1)5-6-12(11)7-8-13-9-12/h1-6,13H,7-9H2. The summed E-state index contributed by atoms with van der Waals surface area (Å²) in [5.41, 5.74) is 3.25. The van der Waals surface area contributed by atoms with E-state index in [0.29, 0.717) is 5.41 Å². The minimum Gasteiger partial charge on any atom is -0.315 e. The molecular formula is C12H13N. The lowest BCUT2D eigenvalue weighted by atomic mass is 9.82. The van der Waals surface area contributed by atoms with Crippen molar-refractivity contribution >= 4 is 6.08 Å². The number of nitrogens with one attached hydrogen (secondary N) is 1. The summed E-state index contributed by atoms with van der Waals surface area (Å²) in [5, 5.41) is 3.44. The fourth-order valence-electron chi connectivity index (χ4n) is 2.52. The lowest BCUT2D eigenvalue weighted by Gasteiger charge is -2.21. The van der Waals surface area contributed by atoms with Crippen LogP contribution in [0.2, 0.25) is 0 Å². The van der Waals surface area contributed by atoms with Gasteiger partial charge in [-0.15, -0.1) is 0 Å². The van der Waals surface area contributed by atoms with E-state index >= 15 is 0 Å². The van der Waals surface area contributed by atoms with Gasteiger partial charge in [0, 0.05) is 12.0 Å². The summed E-state index contributed by atoms with van der Waals surface area (Å²) in [4.78, 5) is 0. The third-order valence-corrected chi connectivity index (χ3v) is 3.27. The minimum absolute atomic E-state index is 0.330. The Morgan fingerprint density at radius 3 is 3.00 bits per heavy atom. The molecule has 0 saturated carbocycles. The van der Waals surface area contributed by atoms with Gasteiger partial charge in [-0.3, -0.25) is 0 Å². The molecular weight excluding hydrogens is 158 g/mol. The van der Waals surface area contributed by atoms with E-state index in [0.717, 1.165) is 13.1 Å². The van der Waals surface area contributed by atoms with E-state index in [1.807, 2.05) is 0 Å². The molecule has 1 aliphatic carbocycles. The van der Waals surface area contributed by atoms with Crippen LogP contribution in [0.15, 0.2) is 30.3 Å². The van der Waals surface area contributed by atoms with Crippen LogP contribution in [0.25, 0.3) is 6.08 Å². The summed E-state index contributed by atoms with van der Waals surface area (Å²) in [5.74, 6) is 0. The Morgan fingerprint density at radius 1 is 1.23 bits per heavy atom. The lowest BCUT2D eigenvalue weighted by molar-refractivity contribution is 0.605. The van der Waals surface area contributed by atoms with Crippen LogP contribution in [0, 0.1) is 0 Å². The van der Waals surface area contributed by atoms with Crippen molar-refractivity contribution < 1.29 is 0 Å². The van der Waals surface area contributed by atoms with E-state index in [-0.39, 0.29) is 0 Å². The third kappa shape index (κ3) is 0.909. The first-order valence-corrected chi connectivity index (χ1v) is 4.90. The highest BCUT2D eigenvalue weighted by atomic mass is 14.9. The molecule has 1 heteroatoms. The predicted octanol–water partition coefficient (Wildman–Crippen LogP) is 1.94. The highest BCUT2D eigenvalue weighted by Gasteiger charge is 2.36. The van der Waals surface area contributed by atoms with Crippen molar-refractivity contribution in [3.05, 3.63) is 41.5 Å². The number of hydrogen-bond donors (Lipinski definition) is 1. The summed E-state index contributed by atoms with van der Waals surface area (Å²) >= 11 is 0. The van der Waals surface area contributed by atoms with Gasteiger partial charge in [0.15, 0.2) is 0 Å². The highest BCUT2D eigenvalue weighted by molar-refractivity contribution is 5.65. The zero-order valence-electron chi connectivity index (χ0n) is 7.59. The van der Waals surface area contributed by atoms with Gasteiger partial charge in [0.05, 0.1) is 0 Å². The van der Waals surface area contributed by atoms with Gasteiger partial charge in [-0.25, -0.2) is 0 Å². The van der Waals surface area contributed by atoms with Crippen LogP contribution >= 0.6 is 0 Å². The van der Waals surface area contributed by atoms with Gasteiger partial charge in [0.25, 0.3) is 0 Å². The largest absolute Gasteiger partial charge is 0.315 e. The van der Waals surface area contributed by atoms with E-state index in [1.54, 1.807) is 0 Å². The zero-order valence-corrected chi connectivity index (χ0v) is 7.59. The van der Waals surface area contributed by atoms with E-state index < -0.39 is 0 Å². The molecule has 2 aliphatic rings. The molecule has 1 aromatic rings. The monoisotopic (exact) mass is 171 g/mol. The molecule has 1 aliphatic heterocycles. The number of benzene rings is 1. The maximum absolute atomic E-state index is 3.44. The molecule has 0 amide bonds. The fraction of sp³-hybridized carbons (Fsp3) is 0.333. The van der Waals surface area contributed by atoms with E-state index in [4.69, 9.17) is 0 Å². The first-order valence-electron chi connectivity index (χ1n) is 4.90. The number of rotatable bonds is 0. The van der Waals surface area contributed by atoms with Gasteiger partial charge in [-0.2, -0.15) is 0 Å². The smallest absolute Gasteiger partial charge is 0.0278 e. The average molecular weight is 171 g/mol. The maximum atomic E-state index is 3.44. The molecule has 66 valence electrons. The van der Waals surface area contributed by atoms with Crippen molar-refractivity contribution in [3.8, 4) is 0 Å². The molecule has 1 atom stereocenters. The Bertz CT molecular complexity index is 359. The second-order valence-corrected chi connectivity index (χ2v) is 4.00. The predicted molar refractivity (Wildman–Crippen MR) is 54.6 cm³/mol. The highest BCUT2D eigenvalue weighted by Crippen LogP contribution is 2.39. The number of hydrogen-bond acceptors (Lipinski definition) is 1. The minimum atomic E-state index is 0.330. The molecule has 1 aromatic carbocycles. The van der Waals surface area contributed by atoms with Gasteiger partial charge < -0.3 is 5.32 Å². The fourth-order valence-corrected chi connectivity index (χ4v) is 2.52. The molecule has 1 spiro atoms. The van der Waals surface area contributed by atoms with E-state index in [9.17, 15) is 0 Å². The van der Waals surface area contributed by atoms with Crippen LogP contribution < -0.4 is 5.32 Å². The quantitative estimate of drug-likeness (QED) is 0.629. The van der Waals surface area contributed by atoms with Gasteiger partial charge >= 0.3 is 0 Å². The first-order chi connectivity index (χ1) is 6.41. The third-order valence-electron chi connectivity index (χ3n) is 3.27. The summed E-state index contributed by atoms with van der Waals surface area (Å²) < 4.78 is 0. The molecule has 1 N–H and O–H groups in total. The molecule has 1 nitrogen and oxygen atoms in total. The van der Waals surface area contributed by atoms with Crippen molar-refractivity contribution in [1.82, 2.24) is 5.32 Å². The SMILES string of the molecule is C1=CC2(CCNC2)c2ccccc21. The van der Waals surface area contributed by atoms with Crippen LogP contribution in [0.1, 0.15) is 17.5 Å². The molecule has 1 fully saturated rings. The molecule has 1 heterocycles. The van der Waals surface area contributed by atoms with Crippen LogP contribution in [-0.2, 0) is 5.41 Å². The van der Waals surface area contributed by atoms with Crippen molar-refractivity contribution in [2.45, 2.75) is 11.8 Å². The Kier molecular flexibility index (Phi) is 1.39. The molecule has 1 unspecified atom stereocenters. The Labute approximate surface area is 78.5 Å². The Morgan fingerprint density at radius 2 is 2.15 bits per heavy atom. The topological polar surface area (TPSA) is 12.0 Å². The summed E-state index contributed by atoms with van der Waals surface area (Å²) in [6, 6.07) is 8.73. The van der Waals surface area contributed by atoms with Gasteiger partial charge in [0.1, 0.15) is 0 Å². The van der Waals surface area contributed by atoms with Crippen LogP contribution in [0.3, 0.4) is 0 Å².